The van der Waals surface area contributed by atoms with Gasteiger partial charge in [-0.1, -0.05) is 15.9 Å². The molecule has 0 amide bonds. The maximum absolute atomic E-state index is 12.5. The lowest BCUT2D eigenvalue weighted by molar-refractivity contribution is 0.0527. The number of ether oxygens (including phenoxy) is 3. The Hall–Kier alpha value is -2.80. The first-order chi connectivity index (χ1) is 13.2. The van der Waals surface area contributed by atoms with Gasteiger partial charge in [0.25, 0.3) is 0 Å². The summed E-state index contributed by atoms with van der Waals surface area (Å²) in [5, 5.41) is 4.14. The molecule has 1 aliphatic heterocycles. The number of nitrogens with zero attached hydrogens (tertiary/aromatic N) is 1. The fourth-order valence-corrected chi connectivity index (χ4v) is 3.29. The van der Waals surface area contributed by atoms with E-state index in [4.69, 9.17) is 14.2 Å². The van der Waals surface area contributed by atoms with E-state index in [1.54, 1.807) is 6.92 Å². The molecule has 1 aromatic heterocycles. The van der Waals surface area contributed by atoms with E-state index in [0.717, 1.165) is 21.1 Å². The summed E-state index contributed by atoms with van der Waals surface area (Å²) in [5.41, 5.74) is 2.55. The number of pyridine rings is 1. The standard InChI is InChI=1S/C20H17BrN2O4/c1-2-25-20(24)15-11-22-16-5-3-12(21)9-14(16)19(15)23-13-4-6-17-18(10-13)27-8-7-26-17/h3-6,9-11H,2,7-8H2,1H3,(H,22,23). The molecule has 0 atom stereocenters. The summed E-state index contributed by atoms with van der Waals surface area (Å²) >= 11 is 3.49. The molecule has 2 heterocycles. The van der Waals surface area contributed by atoms with Gasteiger partial charge >= 0.3 is 5.97 Å². The molecule has 6 nitrogen and oxygen atoms in total. The molecule has 7 heteroatoms. The van der Waals surface area contributed by atoms with Crippen LogP contribution in [0.15, 0.2) is 47.1 Å². The average molecular weight is 429 g/mol. The van der Waals surface area contributed by atoms with Gasteiger partial charge in [0.2, 0.25) is 0 Å². The summed E-state index contributed by atoms with van der Waals surface area (Å²) in [7, 11) is 0. The largest absolute Gasteiger partial charge is 0.486 e. The lowest BCUT2D eigenvalue weighted by Gasteiger charge is -2.20. The number of benzene rings is 2. The third kappa shape index (κ3) is 3.55. The van der Waals surface area contributed by atoms with Gasteiger partial charge in [0.15, 0.2) is 11.5 Å². The number of halogens is 1. The topological polar surface area (TPSA) is 69.7 Å². The highest BCUT2D eigenvalue weighted by Gasteiger charge is 2.18. The van der Waals surface area contributed by atoms with Gasteiger partial charge in [-0.15, -0.1) is 0 Å². The molecule has 1 aliphatic rings. The highest BCUT2D eigenvalue weighted by molar-refractivity contribution is 9.10. The van der Waals surface area contributed by atoms with Crippen molar-refractivity contribution in [3.05, 3.63) is 52.6 Å². The van der Waals surface area contributed by atoms with Crippen LogP contribution in [0.2, 0.25) is 0 Å². The molecule has 1 N–H and O–H groups in total. The Bertz CT molecular complexity index is 1020. The summed E-state index contributed by atoms with van der Waals surface area (Å²) in [6.07, 6.45) is 1.54. The molecule has 138 valence electrons. The second kappa shape index (κ2) is 7.44. The third-order valence-electron chi connectivity index (χ3n) is 4.14. The number of fused-ring (bicyclic) bond motifs is 2. The van der Waals surface area contributed by atoms with Crippen molar-refractivity contribution in [3.8, 4) is 11.5 Å². The Morgan fingerprint density at radius 1 is 1.19 bits per heavy atom. The predicted octanol–water partition coefficient (Wildman–Crippen LogP) is 4.69. The van der Waals surface area contributed by atoms with Crippen molar-refractivity contribution >= 4 is 44.2 Å². The highest BCUT2D eigenvalue weighted by Crippen LogP contribution is 2.36. The number of carbonyl (C=O) groups is 1. The minimum atomic E-state index is -0.424. The van der Waals surface area contributed by atoms with Crippen molar-refractivity contribution in [1.29, 1.82) is 0 Å². The van der Waals surface area contributed by atoms with Crippen molar-refractivity contribution in [2.24, 2.45) is 0 Å². The Kier molecular flexibility index (Phi) is 4.85. The Labute approximate surface area is 164 Å². The first-order valence-corrected chi connectivity index (χ1v) is 9.37. The van der Waals surface area contributed by atoms with Gasteiger partial charge < -0.3 is 19.5 Å². The number of aromatic nitrogens is 1. The molecule has 0 fully saturated rings. The van der Waals surface area contributed by atoms with Crippen molar-refractivity contribution in [3.63, 3.8) is 0 Å². The number of hydrogen-bond acceptors (Lipinski definition) is 6. The number of rotatable bonds is 4. The van der Waals surface area contributed by atoms with Gasteiger partial charge in [-0.2, -0.15) is 0 Å². The molecule has 0 unspecified atom stereocenters. The molecule has 4 rings (SSSR count). The normalized spacial score (nSPS) is 12.7. The quantitative estimate of drug-likeness (QED) is 0.607. The van der Waals surface area contributed by atoms with Crippen LogP contribution in [-0.2, 0) is 4.74 Å². The van der Waals surface area contributed by atoms with Gasteiger partial charge in [-0.05, 0) is 37.3 Å². The lowest BCUT2D eigenvalue weighted by Crippen LogP contribution is -2.15. The fourth-order valence-electron chi connectivity index (χ4n) is 2.93. The molecule has 0 saturated heterocycles. The van der Waals surface area contributed by atoms with E-state index in [1.807, 2.05) is 36.4 Å². The zero-order valence-corrected chi connectivity index (χ0v) is 16.2. The predicted molar refractivity (Wildman–Crippen MR) is 106 cm³/mol. The molecular formula is C20H17BrN2O4. The van der Waals surface area contributed by atoms with Crippen LogP contribution >= 0.6 is 15.9 Å². The molecular weight excluding hydrogens is 412 g/mol. The zero-order valence-electron chi connectivity index (χ0n) is 14.6. The van der Waals surface area contributed by atoms with Crippen LogP contribution in [0.3, 0.4) is 0 Å². The Morgan fingerprint density at radius 2 is 2.00 bits per heavy atom. The molecule has 3 aromatic rings. The van der Waals surface area contributed by atoms with Crippen molar-refractivity contribution in [1.82, 2.24) is 4.98 Å². The smallest absolute Gasteiger partial charge is 0.341 e. The first-order valence-electron chi connectivity index (χ1n) is 8.58. The van der Waals surface area contributed by atoms with E-state index in [-0.39, 0.29) is 0 Å². The Balaban J connectivity index is 1.81. The summed E-state index contributed by atoms with van der Waals surface area (Å²) in [4.78, 5) is 16.9. The van der Waals surface area contributed by atoms with Crippen molar-refractivity contribution < 1.29 is 19.0 Å². The molecule has 0 bridgehead atoms. The van der Waals surface area contributed by atoms with E-state index in [0.29, 0.717) is 42.6 Å². The summed E-state index contributed by atoms with van der Waals surface area (Å²) < 4.78 is 17.3. The first kappa shape index (κ1) is 17.6. The van der Waals surface area contributed by atoms with Crippen LogP contribution in [-0.4, -0.2) is 30.8 Å². The average Bonchev–Trinajstić information content (AvgIpc) is 2.68. The Morgan fingerprint density at radius 3 is 2.81 bits per heavy atom. The van der Waals surface area contributed by atoms with Gasteiger partial charge in [0, 0.05) is 27.8 Å². The molecule has 2 aromatic carbocycles. The maximum Gasteiger partial charge on any atom is 0.341 e. The molecule has 27 heavy (non-hydrogen) atoms. The van der Waals surface area contributed by atoms with E-state index in [1.165, 1.54) is 6.20 Å². The van der Waals surface area contributed by atoms with E-state index < -0.39 is 5.97 Å². The molecule has 0 radical (unpaired) electrons. The minimum Gasteiger partial charge on any atom is -0.486 e. The van der Waals surface area contributed by atoms with Gasteiger partial charge in [-0.3, -0.25) is 4.98 Å². The summed E-state index contributed by atoms with van der Waals surface area (Å²) in [5.74, 6) is 0.954. The molecule has 0 saturated carbocycles. The molecule has 0 spiro atoms. The van der Waals surface area contributed by atoms with Crippen LogP contribution in [0.5, 0.6) is 11.5 Å². The van der Waals surface area contributed by atoms with Crippen LogP contribution in [0.1, 0.15) is 17.3 Å². The van der Waals surface area contributed by atoms with Crippen LogP contribution < -0.4 is 14.8 Å². The fraction of sp³-hybridized carbons (Fsp3) is 0.200. The second-order valence-corrected chi connectivity index (χ2v) is 6.83. The van der Waals surface area contributed by atoms with E-state index in [9.17, 15) is 4.79 Å². The monoisotopic (exact) mass is 428 g/mol. The number of carbonyl (C=O) groups excluding carboxylic acids is 1. The third-order valence-corrected chi connectivity index (χ3v) is 4.63. The van der Waals surface area contributed by atoms with Gasteiger partial charge in [0.05, 0.1) is 17.8 Å². The van der Waals surface area contributed by atoms with Gasteiger partial charge in [-0.25, -0.2) is 4.79 Å². The van der Waals surface area contributed by atoms with Crippen LogP contribution in [0.4, 0.5) is 11.4 Å². The number of nitrogens with one attached hydrogen (secondary N) is 1. The van der Waals surface area contributed by atoms with E-state index in [2.05, 4.69) is 26.2 Å². The lowest BCUT2D eigenvalue weighted by atomic mass is 10.1. The van der Waals surface area contributed by atoms with Gasteiger partial charge in [0.1, 0.15) is 18.8 Å². The maximum atomic E-state index is 12.5. The zero-order chi connectivity index (χ0) is 18.8. The van der Waals surface area contributed by atoms with Crippen LogP contribution in [0.25, 0.3) is 10.9 Å². The van der Waals surface area contributed by atoms with Crippen molar-refractivity contribution in [2.45, 2.75) is 6.92 Å². The molecule has 0 aliphatic carbocycles. The van der Waals surface area contributed by atoms with Crippen LogP contribution in [0, 0.1) is 0 Å². The number of hydrogen-bond donors (Lipinski definition) is 1. The number of esters is 1. The SMILES string of the molecule is CCOC(=O)c1cnc2ccc(Br)cc2c1Nc1ccc2c(c1)OCCO2. The summed E-state index contributed by atoms with van der Waals surface area (Å²) in [6.45, 7) is 3.11. The van der Waals surface area contributed by atoms with E-state index >= 15 is 0 Å². The van der Waals surface area contributed by atoms with Crippen molar-refractivity contribution in [2.75, 3.05) is 25.1 Å². The summed E-state index contributed by atoms with van der Waals surface area (Å²) in [6, 6.07) is 11.3. The highest BCUT2D eigenvalue weighted by atomic mass is 79.9. The number of anilines is 2. The second-order valence-electron chi connectivity index (χ2n) is 5.91. The minimum absolute atomic E-state index is 0.290.